The van der Waals surface area contributed by atoms with Crippen LogP contribution in [0.15, 0.2) is 80.3 Å². The molecule has 0 aliphatic carbocycles. The smallest absolute Gasteiger partial charge is 0.497 e. The number of hydrogen-bond acceptors (Lipinski definition) is 8. The fraction of sp³-hybridized carbons (Fsp3) is 0.0952. The SMILES string of the molecule is C=COC(=O)OC(=O)OC=C.COc1ccc(C(=O)C(O)c2ccccc2)cc1. The standard InChI is InChI=1S/C15H14O3.C6H6O5/c1-18-13-9-7-12(8-10-13)15(17)14(16)11-5-3-2-4-6-11;1-3-9-5(7)11-6(8)10-4-2/h2-10,14,16H,1H3;3-4H,1-2H2. The number of rotatable bonds is 6. The van der Waals surface area contributed by atoms with Crippen molar-refractivity contribution in [2.45, 2.75) is 6.10 Å². The maximum atomic E-state index is 12.1. The Morgan fingerprint density at radius 3 is 1.86 bits per heavy atom. The van der Waals surface area contributed by atoms with E-state index in [4.69, 9.17) is 4.74 Å². The molecule has 1 N–H and O–H groups in total. The van der Waals surface area contributed by atoms with E-state index < -0.39 is 18.4 Å². The number of aliphatic hydroxyl groups excluding tert-OH is 1. The van der Waals surface area contributed by atoms with E-state index in [0.29, 0.717) is 16.9 Å². The van der Waals surface area contributed by atoms with Gasteiger partial charge >= 0.3 is 12.3 Å². The van der Waals surface area contributed by atoms with Crippen molar-refractivity contribution in [1.82, 2.24) is 0 Å². The van der Waals surface area contributed by atoms with Gasteiger partial charge in [-0.3, -0.25) is 4.79 Å². The number of carbonyl (C=O) groups is 3. The van der Waals surface area contributed by atoms with Crippen LogP contribution >= 0.6 is 0 Å². The highest BCUT2D eigenvalue weighted by Crippen LogP contribution is 2.20. The first-order valence-corrected chi connectivity index (χ1v) is 8.15. The first-order chi connectivity index (χ1) is 13.9. The molecule has 0 amide bonds. The van der Waals surface area contributed by atoms with Gasteiger partial charge in [0.25, 0.3) is 0 Å². The predicted octanol–water partition coefficient (Wildman–Crippen LogP) is 4.17. The molecule has 0 saturated heterocycles. The van der Waals surface area contributed by atoms with E-state index in [-0.39, 0.29) is 5.78 Å². The van der Waals surface area contributed by atoms with Crippen LogP contribution in [0.5, 0.6) is 5.75 Å². The predicted molar refractivity (Wildman–Crippen MR) is 103 cm³/mol. The van der Waals surface area contributed by atoms with Gasteiger partial charge in [-0.1, -0.05) is 43.5 Å². The first-order valence-electron chi connectivity index (χ1n) is 8.15. The molecule has 1 unspecified atom stereocenters. The minimum atomic E-state index is -1.20. The van der Waals surface area contributed by atoms with Gasteiger partial charge in [-0.15, -0.1) is 0 Å². The maximum Gasteiger partial charge on any atom is 0.523 e. The monoisotopic (exact) mass is 400 g/mol. The molecule has 0 bridgehead atoms. The molecular formula is C21H20O8. The van der Waals surface area contributed by atoms with Gasteiger partial charge in [-0.05, 0) is 29.8 Å². The van der Waals surface area contributed by atoms with Crippen LogP contribution in [0.2, 0.25) is 0 Å². The lowest BCUT2D eigenvalue weighted by molar-refractivity contribution is 0.0715. The van der Waals surface area contributed by atoms with E-state index in [1.54, 1.807) is 55.6 Å². The van der Waals surface area contributed by atoms with Gasteiger partial charge < -0.3 is 24.1 Å². The summed E-state index contributed by atoms with van der Waals surface area (Å²) in [7, 11) is 1.57. The summed E-state index contributed by atoms with van der Waals surface area (Å²) >= 11 is 0. The van der Waals surface area contributed by atoms with Crippen molar-refractivity contribution >= 4 is 18.1 Å². The van der Waals surface area contributed by atoms with Crippen molar-refractivity contribution in [2.75, 3.05) is 7.11 Å². The van der Waals surface area contributed by atoms with Crippen molar-refractivity contribution in [3.63, 3.8) is 0 Å². The average molecular weight is 400 g/mol. The van der Waals surface area contributed by atoms with E-state index in [1.165, 1.54) is 0 Å². The molecule has 0 heterocycles. The van der Waals surface area contributed by atoms with E-state index in [9.17, 15) is 19.5 Å². The minimum Gasteiger partial charge on any atom is -0.497 e. The van der Waals surface area contributed by atoms with Crippen molar-refractivity contribution in [1.29, 1.82) is 0 Å². The normalized spacial score (nSPS) is 10.3. The summed E-state index contributed by atoms with van der Waals surface area (Å²) in [4.78, 5) is 32.6. The summed E-state index contributed by atoms with van der Waals surface area (Å²) in [6.07, 6.45) is -1.88. The Bertz CT molecular complexity index is 808. The number of benzene rings is 2. The van der Waals surface area contributed by atoms with Crippen LogP contribution in [-0.4, -0.2) is 30.3 Å². The van der Waals surface area contributed by atoms with Gasteiger partial charge in [0.1, 0.15) is 11.9 Å². The Balaban J connectivity index is 0.000000331. The Hall–Kier alpha value is -3.91. The Kier molecular flexibility index (Phi) is 9.95. The molecule has 0 saturated carbocycles. The van der Waals surface area contributed by atoms with Gasteiger partial charge in [-0.2, -0.15) is 0 Å². The highest BCUT2D eigenvalue weighted by atomic mass is 16.8. The molecule has 2 rings (SSSR count). The van der Waals surface area contributed by atoms with Crippen molar-refractivity contribution in [3.8, 4) is 5.75 Å². The van der Waals surface area contributed by atoms with E-state index in [0.717, 1.165) is 12.5 Å². The second kappa shape index (κ2) is 12.5. The molecule has 29 heavy (non-hydrogen) atoms. The zero-order valence-corrected chi connectivity index (χ0v) is 15.6. The molecule has 152 valence electrons. The Labute approximate surface area is 167 Å². The van der Waals surface area contributed by atoms with E-state index in [1.807, 2.05) is 6.07 Å². The fourth-order valence-electron chi connectivity index (χ4n) is 1.95. The van der Waals surface area contributed by atoms with Crippen LogP contribution < -0.4 is 4.74 Å². The summed E-state index contributed by atoms with van der Waals surface area (Å²) in [5.41, 5.74) is 1.06. The molecular weight excluding hydrogens is 380 g/mol. The van der Waals surface area contributed by atoms with E-state index >= 15 is 0 Å². The zero-order chi connectivity index (χ0) is 21.6. The quantitative estimate of drug-likeness (QED) is 0.333. The fourth-order valence-corrected chi connectivity index (χ4v) is 1.95. The van der Waals surface area contributed by atoms with Gasteiger partial charge in [0, 0.05) is 5.56 Å². The molecule has 2 aromatic rings. The van der Waals surface area contributed by atoms with Crippen LogP contribution in [-0.2, 0) is 14.2 Å². The van der Waals surface area contributed by atoms with Crippen molar-refractivity contribution in [3.05, 3.63) is 91.4 Å². The van der Waals surface area contributed by atoms with E-state index in [2.05, 4.69) is 27.4 Å². The number of ketones is 1. The maximum absolute atomic E-state index is 12.1. The Morgan fingerprint density at radius 1 is 0.897 bits per heavy atom. The van der Waals surface area contributed by atoms with Gasteiger partial charge in [-0.25, -0.2) is 9.59 Å². The molecule has 0 radical (unpaired) electrons. The number of aliphatic hydroxyl groups is 1. The lowest BCUT2D eigenvalue weighted by atomic mass is 10.00. The number of carbonyl (C=O) groups excluding carboxylic acids is 3. The minimum absolute atomic E-state index is 0.316. The topological polar surface area (TPSA) is 108 Å². The second-order valence-corrected chi connectivity index (χ2v) is 5.08. The van der Waals surface area contributed by atoms with Crippen LogP contribution in [0.1, 0.15) is 22.0 Å². The summed E-state index contributed by atoms with van der Waals surface area (Å²) < 4.78 is 16.9. The molecule has 0 aliphatic heterocycles. The molecule has 0 spiro atoms. The lowest BCUT2D eigenvalue weighted by Gasteiger charge is -2.10. The Morgan fingerprint density at radius 2 is 1.41 bits per heavy atom. The highest BCUT2D eigenvalue weighted by Gasteiger charge is 2.18. The average Bonchev–Trinajstić information content (AvgIpc) is 2.74. The van der Waals surface area contributed by atoms with Crippen LogP contribution in [0.3, 0.4) is 0 Å². The van der Waals surface area contributed by atoms with Gasteiger partial charge in [0.2, 0.25) is 0 Å². The van der Waals surface area contributed by atoms with Crippen molar-refractivity contribution < 1.29 is 38.4 Å². The lowest BCUT2D eigenvalue weighted by Crippen LogP contribution is -2.12. The summed E-state index contributed by atoms with van der Waals surface area (Å²) in [5, 5.41) is 9.99. The van der Waals surface area contributed by atoms with Gasteiger partial charge in [0.15, 0.2) is 5.78 Å². The molecule has 0 aromatic heterocycles. The van der Waals surface area contributed by atoms with Crippen molar-refractivity contribution in [2.24, 2.45) is 0 Å². The zero-order valence-electron chi connectivity index (χ0n) is 15.6. The van der Waals surface area contributed by atoms with Gasteiger partial charge in [0.05, 0.1) is 19.6 Å². The molecule has 1 atom stereocenters. The number of ether oxygens (including phenoxy) is 4. The van der Waals surface area contributed by atoms with Crippen LogP contribution in [0.25, 0.3) is 0 Å². The van der Waals surface area contributed by atoms with Crippen LogP contribution in [0, 0.1) is 0 Å². The third-order valence-electron chi connectivity index (χ3n) is 3.26. The highest BCUT2D eigenvalue weighted by molar-refractivity contribution is 5.99. The summed E-state index contributed by atoms with van der Waals surface area (Å²) in [6, 6.07) is 15.6. The molecule has 0 fully saturated rings. The number of methoxy groups -OCH3 is 1. The molecule has 0 aliphatic rings. The molecule has 8 nitrogen and oxygen atoms in total. The first kappa shape index (κ1) is 23.1. The number of hydrogen-bond donors (Lipinski definition) is 1. The summed E-state index contributed by atoms with van der Waals surface area (Å²) in [5.74, 6) is 0.365. The third kappa shape index (κ3) is 8.10. The second-order valence-electron chi connectivity index (χ2n) is 5.08. The molecule has 2 aromatic carbocycles. The third-order valence-corrected chi connectivity index (χ3v) is 3.26. The largest absolute Gasteiger partial charge is 0.523 e. The molecule has 8 heteroatoms. The summed E-state index contributed by atoms with van der Waals surface area (Å²) in [6.45, 7) is 6.12. The number of Topliss-reactive ketones (excluding diaryl/α,β-unsaturated/α-hetero) is 1. The van der Waals surface area contributed by atoms with Crippen LogP contribution in [0.4, 0.5) is 9.59 Å².